The summed E-state index contributed by atoms with van der Waals surface area (Å²) in [6.07, 6.45) is 4.03. The van der Waals surface area contributed by atoms with Gasteiger partial charge in [-0.1, -0.05) is 38.1 Å². The molecule has 4 aromatic rings. The number of alkyl carbamates (subject to hydrolysis) is 1. The number of nitrogens with zero attached hydrogens (tertiary/aromatic N) is 4. The summed E-state index contributed by atoms with van der Waals surface area (Å²) in [5.41, 5.74) is 2.02. The van der Waals surface area contributed by atoms with Gasteiger partial charge in [-0.05, 0) is 62.2 Å². The summed E-state index contributed by atoms with van der Waals surface area (Å²) in [5.74, 6) is 1.73. The number of carbonyl (C=O) groups is 1. The van der Waals surface area contributed by atoms with Gasteiger partial charge in [0, 0.05) is 30.5 Å². The number of hydrogen-bond acceptors (Lipinski definition) is 9. The molecule has 1 fully saturated rings. The van der Waals surface area contributed by atoms with E-state index in [-0.39, 0.29) is 29.7 Å². The van der Waals surface area contributed by atoms with Crippen molar-refractivity contribution in [2.24, 2.45) is 0 Å². The fourth-order valence-corrected chi connectivity index (χ4v) is 4.40. The Hall–Kier alpha value is -4.47. The molecule has 1 aliphatic carbocycles. The van der Waals surface area contributed by atoms with Crippen LogP contribution in [0.25, 0.3) is 11.6 Å². The van der Waals surface area contributed by atoms with Gasteiger partial charge in [0.1, 0.15) is 28.9 Å². The number of rotatable bonds is 8. The van der Waals surface area contributed by atoms with Crippen molar-refractivity contribution in [2.45, 2.75) is 70.6 Å². The van der Waals surface area contributed by atoms with Crippen molar-refractivity contribution in [3.8, 4) is 29.1 Å². The van der Waals surface area contributed by atoms with Gasteiger partial charge in [-0.25, -0.2) is 9.78 Å². The molecule has 0 atom stereocenters. The molecule has 0 saturated heterocycles. The van der Waals surface area contributed by atoms with Gasteiger partial charge in [0.15, 0.2) is 0 Å². The number of ether oxygens (including phenoxy) is 3. The van der Waals surface area contributed by atoms with Crippen LogP contribution in [-0.4, -0.2) is 44.0 Å². The van der Waals surface area contributed by atoms with Crippen LogP contribution < -0.4 is 14.8 Å². The topological polar surface area (TPSA) is 121 Å². The highest BCUT2D eigenvalue weighted by Gasteiger charge is 2.33. The van der Waals surface area contributed by atoms with Gasteiger partial charge in [-0.15, -0.1) is 10.2 Å². The molecule has 1 amide bonds. The Labute approximate surface area is 233 Å². The molecule has 40 heavy (non-hydrogen) atoms. The van der Waals surface area contributed by atoms with E-state index in [1.165, 1.54) is 6.39 Å². The van der Waals surface area contributed by atoms with Crippen molar-refractivity contribution in [1.29, 1.82) is 0 Å². The molecular weight excluding hydrogens is 510 g/mol. The molecule has 0 spiro atoms. The first kappa shape index (κ1) is 27.1. The monoisotopic (exact) mass is 543 g/mol. The number of aromatic nitrogens is 4. The van der Waals surface area contributed by atoms with Crippen LogP contribution in [0.15, 0.2) is 71.6 Å². The third-order valence-electron chi connectivity index (χ3n) is 6.69. The zero-order valence-corrected chi connectivity index (χ0v) is 23.2. The fourth-order valence-electron chi connectivity index (χ4n) is 4.40. The number of carbonyl (C=O) groups excluding carboxylic acids is 1. The maximum absolute atomic E-state index is 11.9. The van der Waals surface area contributed by atoms with Crippen LogP contribution in [-0.2, 0) is 10.2 Å². The van der Waals surface area contributed by atoms with Crippen molar-refractivity contribution < 1.29 is 23.4 Å². The van der Waals surface area contributed by atoms with E-state index in [0.29, 0.717) is 17.3 Å². The van der Waals surface area contributed by atoms with Crippen molar-refractivity contribution in [3.05, 3.63) is 78.3 Å². The minimum atomic E-state index is -0.506. The number of benzene rings is 2. The van der Waals surface area contributed by atoms with E-state index < -0.39 is 5.60 Å². The zero-order chi connectivity index (χ0) is 28.3. The summed E-state index contributed by atoms with van der Waals surface area (Å²) >= 11 is 0. The van der Waals surface area contributed by atoms with E-state index in [0.717, 1.165) is 29.7 Å². The molecule has 1 N–H and O–H groups in total. The summed E-state index contributed by atoms with van der Waals surface area (Å²) < 4.78 is 22.5. The van der Waals surface area contributed by atoms with Crippen molar-refractivity contribution in [3.63, 3.8) is 0 Å². The standard InChI is InChI=1S/C30H33N5O5/c1-29(2,3)40-28(36)33-21-16-24(17-21)38-22-10-6-19(7-11-22)30(4,5)20-8-12-23(13-9-20)39-27-31-15-14-25(34-27)26-35-32-18-37-26/h6-15,18,21,24H,16-17H2,1-5H3,(H,33,36)/t21-,24-. The second-order valence-electron chi connectivity index (χ2n) is 11.3. The van der Waals surface area contributed by atoms with Crippen molar-refractivity contribution in [1.82, 2.24) is 25.5 Å². The van der Waals surface area contributed by atoms with Gasteiger partial charge in [0.05, 0.1) is 0 Å². The molecule has 0 bridgehead atoms. The molecule has 0 aliphatic heterocycles. The highest BCUT2D eigenvalue weighted by Crippen LogP contribution is 2.35. The van der Waals surface area contributed by atoms with E-state index in [9.17, 15) is 4.79 Å². The third-order valence-corrected chi connectivity index (χ3v) is 6.69. The number of amides is 1. The molecule has 1 saturated carbocycles. The molecule has 10 nitrogen and oxygen atoms in total. The Bertz CT molecular complexity index is 1420. The van der Waals surface area contributed by atoms with Gasteiger partial charge in [-0.2, -0.15) is 4.98 Å². The molecule has 0 unspecified atom stereocenters. The second kappa shape index (κ2) is 11.0. The van der Waals surface area contributed by atoms with Crippen LogP contribution in [0, 0.1) is 0 Å². The van der Waals surface area contributed by atoms with Gasteiger partial charge in [0.25, 0.3) is 5.89 Å². The minimum absolute atomic E-state index is 0.0722. The van der Waals surface area contributed by atoms with Crippen molar-refractivity contribution >= 4 is 6.09 Å². The number of hydrogen-bond donors (Lipinski definition) is 1. The summed E-state index contributed by atoms with van der Waals surface area (Å²) in [7, 11) is 0. The molecule has 0 radical (unpaired) electrons. The van der Waals surface area contributed by atoms with Gasteiger partial charge >= 0.3 is 12.1 Å². The van der Waals surface area contributed by atoms with E-state index in [1.807, 2.05) is 57.2 Å². The van der Waals surface area contributed by atoms with Crippen LogP contribution in [0.3, 0.4) is 0 Å². The lowest BCUT2D eigenvalue weighted by molar-refractivity contribution is 0.0363. The molecule has 5 rings (SSSR count). The number of nitrogens with one attached hydrogen (secondary N) is 1. The molecule has 2 aromatic heterocycles. The minimum Gasteiger partial charge on any atom is -0.490 e. The van der Waals surface area contributed by atoms with Crippen LogP contribution in [0.2, 0.25) is 0 Å². The SMILES string of the molecule is CC(C)(C)OC(=O)N[C@H]1C[C@H](Oc2ccc(C(C)(C)c3ccc(Oc4nccc(-c5nnco5)n4)cc3)cc2)C1. The maximum atomic E-state index is 11.9. The summed E-state index contributed by atoms with van der Waals surface area (Å²) in [5, 5.41) is 10.4. The Morgan fingerprint density at radius 3 is 2.17 bits per heavy atom. The van der Waals surface area contributed by atoms with Crippen molar-refractivity contribution in [2.75, 3.05) is 0 Å². The lowest BCUT2D eigenvalue weighted by Gasteiger charge is -2.36. The molecule has 1 aliphatic rings. The largest absolute Gasteiger partial charge is 0.490 e. The predicted octanol–water partition coefficient (Wildman–Crippen LogP) is 6.08. The molecule has 10 heteroatoms. The Balaban J connectivity index is 1.15. The molecule has 208 valence electrons. The maximum Gasteiger partial charge on any atom is 0.407 e. The third kappa shape index (κ3) is 6.56. The van der Waals surface area contributed by atoms with Crippen LogP contribution >= 0.6 is 0 Å². The summed E-state index contributed by atoms with van der Waals surface area (Å²) in [4.78, 5) is 20.4. The normalized spacial score (nSPS) is 17.0. The highest BCUT2D eigenvalue weighted by molar-refractivity contribution is 5.68. The van der Waals surface area contributed by atoms with E-state index in [2.05, 4.69) is 51.5 Å². The first-order valence-electron chi connectivity index (χ1n) is 13.2. The van der Waals surface area contributed by atoms with E-state index in [4.69, 9.17) is 18.6 Å². The van der Waals surface area contributed by atoms with Crippen LogP contribution in [0.1, 0.15) is 58.6 Å². The highest BCUT2D eigenvalue weighted by atomic mass is 16.6. The second-order valence-corrected chi connectivity index (χ2v) is 11.3. The van der Waals surface area contributed by atoms with Crippen LogP contribution in [0.4, 0.5) is 4.79 Å². The zero-order valence-electron chi connectivity index (χ0n) is 23.2. The van der Waals surface area contributed by atoms with E-state index >= 15 is 0 Å². The lowest BCUT2D eigenvalue weighted by Crippen LogP contribution is -2.50. The fraction of sp³-hybridized carbons (Fsp3) is 0.367. The Morgan fingerprint density at radius 1 is 0.925 bits per heavy atom. The van der Waals surface area contributed by atoms with Gasteiger partial charge < -0.3 is 23.9 Å². The quantitative estimate of drug-likeness (QED) is 0.282. The van der Waals surface area contributed by atoms with Crippen LogP contribution in [0.5, 0.6) is 17.5 Å². The Morgan fingerprint density at radius 2 is 1.57 bits per heavy atom. The Kier molecular flexibility index (Phi) is 7.42. The summed E-state index contributed by atoms with van der Waals surface area (Å²) in [6.45, 7) is 9.91. The lowest BCUT2D eigenvalue weighted by atomic mass is 9.78. The average Bonchev–Trinajstić information content (AvgIpc) is 3.42. The average molecular weight is 544 g/mol. The van der Waals surface area contributed by atoms with Gasteiger partial charge in [-0.3, -0.25) is 0 Å². The smallest absolute Gasteiger partial charge is 0.407 e. The van der Waals surface area contributed by atoms with E-state index in [1.54, 1.807) is 12.3 Å². The molecule has 2 heterocycles. The molecule has 2 aromatic carbocycles. The summed E-state index contributed by atoms with van der Waals surface area (Å²) in [6, 6.07) is 18.0. The van der Waals surface area contributed by atoms with Gasteiger partial charge in [0.2, 0.25) is 6.39 Å². The molecular formula is C30H33N5O5. The first-order chi connectivity index (χ1) is 19.0. The predicted molar refractivity (Wildman–Crippen MR) is 147 cm³/mol. The first-order valence-corrected chi connectivity index (χ1v) is 13.2.